The van der Waals surface area contributed by atoms with Gasteiger partial charge in [-0.3, -0.25) is 14.6 Å². The molecule has 0 unspecified atom stereocenters. The second-order valence-corrected chi connectivity index (χ2v) is 12.7. The number of methoxy groups -OCH3 is 1. The molecule has 1 fully saturated rings. The highest BCUT2D eigenvalue weighted by molar-refractivity contribution is 5.94. The molecule has 1 aromatic heterocycles. The molecule has 0 bridgehead atoms. The van der Waals surface area contributed by atoms with Crippen LogP contribution >= 0.6 is 0 Å². The number of piperidine rings is 1. The molecule has 1 aliphatic rings. The van der Waals surface area contributed by atoms with Crippen LogP contribution in [-0.4, -0.2) is 65.9 Å². The number of unbranched alkanes of at least 4 members (excludes halogenated alkanes) is 2. The first-order valence-corrected chi connectivity index (χ1v) is 16.8. The molecule has 4 rings (SSSR count). The van der Waals surface area contributed by atoms with Gasteiger partial charge in [-0.25, -0.2) is 0 Å². The van der Waals surface area contributed by atoms with Crippen LogP contribution in [0.3, 0.4) is 0 Å². The number of carbonyl (C=O) groups excluding carboxylic acids is 2. The Bertz CT molecular complexity index is 1310. The van der Waals surface area contributed by atoms with E-state index in [0.717, 1.165) is 68.6 Å². The van der Waals surface area contributed by atoms with Crippen molar-refractivity contribution in [3.63, 3.8) is 0 Å². The van der Waals surface area contributed by atoms with E-state index >= 15 is 0 Å². The highest BCUT2D eigenvalue weighted by Crippen LogP contribution is 2.23. The van der Waals surface area contributed by atoms with Crippen LogP contribution < -0.4 is 10.1 Å². The maximum absolute atomic E-state index is 13.9. The van der Waals surface area contributed by atoms with Crippen LogP contribution in [0.15, 0.2) is 66.9 Å². The van der Waals surface area contributed by atoms with Crippen LogP contribution in [0.2, 0.25) is 0 Å². The number of aryl methyl sites for hydroxylation is 1. The second-order valence-electron chi connectivity index (χ2n) is 12.7. The van der Waals surface area contributed by atoms with E-state index in [-0.39, 0.29) is 17.9 Å². The fraction of sp³-hybridized carbons (Fsp3) is 0.500. The molecule has 45 heavy (non-hydrogen) atoms. The van der Waals surface area contributed by atoms with E-state index in [0.29, 0.717) is 30.3 Å². The first kappa shape index (κ1) is 34.2. The van der Waals surface area contributed by atoms with Crippen molar-refractivity contribution < 1.29 is 14.3 Å². The Hall–Kier alpha value is -3.71. The summed E-state index contributed by atoms with van der Waals surface area (Å²) in [6, 6.07) is 19.7. The summed E-state index contributed by atoms with van der Waals surface area (Å²) in [5, 5.41) is 3.02. The number of ether oxygens (including phenoxy) is 1. The standard InChI is InChI=1S/C38H52N4O3/c1-5-6-7-8-31-13-18-36(40-27-31)38(44)42(34-21-25-41(26-22-34)24-20-29(2)3)28-32-9-14-33(15-10-32)37(43)39-23-19-30-11-16-35(45-4)17-12-30/h9-18,27,29,34H,5-8,19-26,28H2,1-4H3,(H,39,43). The fourth-order valence-electron chi connectivity index (χ4n) is 5.86. The van der Waals surface area contributed by atoms with Gasteiger partial charge in [0, 0.05) is 44.0 Å². The molecule has 1 aliphatic heterocycles. The second kappa shape index (κ2) is 17.7. The summed E-state index contributed by atoms with van der Waals surface area (Å²) < 4.78 is 5.22. The first-order chi connectivity index (χ1) is 21.9. The molecule has 242 valence electrons. The molecule has 0 radical (unpaired) electrons. The van der Waals surface area contributed by atoms with E-state index in [1.54, 1.807) is 7.11 Å². The van der Waals surface area contributed by atoms with Gasteiger partial charge in [0.05, 0.1) is 7.11 Å². The van der Waals surface area contributed by atoms with E-state index in [2.05, 4.69) is 42.0 Å². The number of nitrogens with zero attached hydrogens (tertiary/aromatic N) is 3. The number of pyridine rings is 1. The Morgan fingerprint density at radius 2 is 1.62 bits per heavy atom. The van der Waals surface area contributed by atoms with Crippen molar-refractivity contribution in [1.29, 1.82) is 0 Å². The largest absolute Gasteiger partial charge is 0.497 e. The molecule has 3 aromatic rings. The molecule has 7 heteroatoms. The average Bonchev–Trinajstić information content (AvgIpc) is 3.07. The fourth-order valence-corrected chi connectivity index (χ4v) is 5.86. The van der Waals surface area contributed by atoms with Gasteiger partial charge in [0.2, 0.25) is 0 Å². The molecule has 2 aromatic carbocycles. The number of likely N-dealkylation sites (tertiary alicyclic amines) is 1. The van der Waals surface area contributed by atoms with E-state index in [1.165, 1.54) is 24.8 Å². The molecule has 2 amide bonds. The Morgan fingerprint density at radius 1 is 0.933 bits per heavy atom. The first-order valence-electron chi connectivity index (χ1n) is 16.8. The van der Waals surface area contributed by atoms with E-state index in [4.69, 9.17) is 4.74 Å². The van der Waals surface area contributed by atoms with Gasteiger partial charge in [-0.2, -0.15) is 0 Å². The topological polar surface area (TPSA) is 74.8 Å². The number of nitrogens with one attached hydrogen (secondary N) is 1. The monoisotopic (exact) mass is 612 g/mol. The lowest BCUT2D eigenvalue weighted by Crippen LogP contribution is -2.47. The van der Waals surface area contributed by atoms with Crippen LogP contribution in [0.5, 0.6) is 5.75 Å². The van der Waals surface area contributed by atoms with Crippen molar-refractivity contribution in [2.75, 3.05) is 33.3 Å². The molecular weight excluding hydrogens is 560 g/mol. The molecule has 2 heterocycles. The van der Waals surface area contributed by atoms with Crippen molar-refractivity contribution in [1.82, 2.24) is 20.1 Å². The lowest BCUT2D eigenvalue weighted by molar-refractivity contribution is 0.0540. The third-order valence-corrected chi connectivity index (χ3v) is 8.82. The van der Waals surface area contributed by atoms with Crippen molar-refractivity contribution in [2.24, 2.45) is 5.92 Å². The van der Waals surface area contributed by atoms with Gasteiger partial charge < -0.3 is 19.9 Å². The zero-order valence-corrected chi connectivity index (χ0v) is 27.8. The summed E-state index contributed by atoms with van der Waals surface area (Å²) in [6.07, 6.45) is 10.2. The lowest BCUT2D eigenvalue weighted by atomic mass is 10.00. The maximum atomic E-state index is 13.9. The summed E-state index contributed by atoms with van der Waals surface area (Å²) in [6.45, 7) is 10.9. The number of hydrogen-bond acceptors (Lipinski definition) is 5. The van der Waals surface area contributed by atoms with Crippen molar-refractivity contribution in [2.45, 2.75) is 84.7 Å². The molecule has 1 saturated heterocycles. The lowest BCUT2D eigenvalue weighted by Gasteiger charge is -2.38. The summed E-state index contributed by atoms with van der Waals surface area (Å²) in [7, 11) is 1.65. The van der Waals surface area contributed by atoms with Crippen LogP contribution in [0.1, 0.15) is 96.8 Å². The minimum absolute atomic E-state index is 0.0175. The third kappa shape index (κ3) is 10.7. The summed E-state index contributed by atoms with van der Waals surface area (Å²) >= 11 is 0. The summed E-state index contributed by atoms with van der Waals surface area (Å²) in [4.78, 5) is 35.9. The third-order valence-electron chi connectivity index (χ3n) is 8.82. The van der Waals surface area contributed by atoms with Crippen LogP contribution in [0, 0.1) is 5.92 Å². The zero-order valence-electron chi connectivity index (χ0n) is 27.8. The highest BCUT2D eigenvalue weighted by atomic mass is 16.5. The number of aromatic nitrogens is 1. The molecule has 0 aliphatic carbocycles. The van der Waals surface area contributed by atoms with Gasteiger partial charge >= 0.3 is 0 Å². The predicted molar refractivity (Wildman–Crippen MR) is 182 cm³/mol. The number of benzene rings is 2. The van der Waals surface area contributed by atoms with Crippen molar-refractivity contribution in [3.05, 3.63) is 94.8 Å². The van der Waals surface area contributed by atoms with Gasteiger partial charge in [-0.05, 0) is 98.0 Å². The van der Waals surface area contributed by atoms with Crippen molar-refractivity contribution >= 4 is 11.8 Å². The quantitative estimate of drug-likeness (QED) is 0.177. The van der Waals surface area contributed by atoms with Gasteiger partial charge in [0.25, 0.3) is 11.8 Å². The Kier molecular flexibility index (Phi) is 13.4. The highest BCUT2D eigenvalue weighted by Gasteiger charge is 2.29. The minimum Gasteiger partial charge on any atom is -0.497 e. The predicted octanol–water partition coefficient (Wildman–Crippen LogP) is 6.95. The normalized spacial score (nSPS) is 14.0. The molecule has 0 spiro atoms. The van der Waals surface area contributed by atoms with Crippen molar-refractivity contribution in [3.8, 4) is 5.75 Å². The zero-order chi connectivity index (χ0) is 32.0. The van der Waals surface area contributed by atoms with Crippen LogP contribution in [0.25, 0.3) is 0 Å². The SMILES string of the molecule is CCCCCc1ccc(C(=O)N(Cc2ccc(C(=O)NCCc3ccc(OC)cc3)cc2)C2CCN(CCC(C)C)CC2)nc1. The minimum atomic E-state index is -0.0972. The van der Waals surface area contributed by atoms with Gasteiger partial charge in [-0.15, -0.1) is 0 Å². The molecule has 0 atom stereocenters. The average molecular weight is 613 g/mol. The van der Waals surface area contributed by atoms with Gasteiger partial charge in [0.1, 0.15) is 11.4 Å². The Balaban J connectivity index is 1.39. The number of hydrogen-bond donors (Lipinski definition) is 1. The van der Waals surface area contributed by atoms with Gasteiger partial charge in [-0.1, -0.05) is 63.9 Å². The Labute approximate surface area is 270 Å². The van der Waals surface area contributed by atoms with Crippen LogP contribution in [0.4, 0.5) is 0 Å². The van der Waals surface area contributed by atoms with E-state index in [9.17, 15) is 9.59 Å². The van der Waals surface area contributed by atoms with E-state index < -0.39 is 0 Å². The van der Waals surface area contributed by atoms with Gasteiger partial charge in [0.15, 0.2) is 0 Å². The number of rotatable bonds is 16. The number of carbonyl (C=O) groups is 2. The molecule has 1 N–H and O–H groups in total. The Morgan fingerprint density at radius 3 is 2.24 bits per heavy atom. The molecular formula is C38H52N4O3. The smallest absolute Gasteiger partial charge is 0.272 e. The number of amides is 2. The molecule has 0 saturated carbocycles. The van der Waals surface area contributed by atoms with E-state index in [1.807, 2.05) is 65.7 Å². The maximum Gasteiger partial charge on any atom is 0.272 e. The summed E-state index contributed by atoms with van der Waals surface area (Å²) in [5.41, 5.74) is 4.46. The summed E-state index contributed by atoms with van der Waals surface area (Å²) in [5.74, 6) is 1.40. The van der Waals surface area contributed by atoms with Crippen LogP contribution in [-0.2, 0) is 19.4 Å². The molecule has 7 nitrogen and oxygen atoms in total.